The molecule has 4 bridgehead atoms. The van der Waals surface area contributed by atoms with E-state index in [1.807, 2.05) is 0 Å². The van der Waals surface area contributed by atoms with Crippen molar-refractivity contribution in [3.8, 4) is 11.4 Å². The molecule has 4 fully saturated rings. The molecule has 2 aromatic rings. The number of anilines is 1. The number of pyridine rings is 1. The number of hydrogen-bond donors (Lipinski definition) is 0. The number of nitrogens with zero attached hydrogens (tertiary/aromatic N) is 5. The Morgan fingerprint density at radius 2 is 1.97 bits per heavy atom. The molecule has 7 nitrogen and oxygen atoms in total. The number of likely N-dealkylation sites (tertiary alicyclic amines) is 1. The monoisotopic (exact) mass is 433 g/mol. The molecule has 10 heteroatoms. The Kier molecular flexibility index (Phi) is 4.10. The van der Waals surface area contributed by atoms with E-state index in [0.29, 0.717) is 17.4 Å². The Bertz CT molecular complexity index is 1010. The molecular weight excluding hydrogens is 411 g/mol. The summed E-state index contributed by atoms with van der Waals surface area (Å²) in [5.41, 5.74) is 0.362. The van der Waals surface area contributed by atoms with Gasteiger partial charge in [0.15, 0.2) is 0 Å². The van der Waals surface area contributed by atoms with E-state index < -0.39 is 12.1 Å². The number of amides is 1. The summed E-state index contributed by atoms with van der Waals surface area (Å²) in [6.07, 6.45) is 2.52. The molecule has 2 aromatic heterocycles. The van der Waals surface area contributed by atoms with Crippen LogP contribution in [0.1, 0.15) is 38.0 Å². The van der Waals surface area contributed by atoms with E-state index in [1.165, 1.54) is 25.5 Å². The van der Waals surface area contributed by atoms with Crippen LogP contribution in [0, 0.1) is 17.8 Å². The zero-order valence-corrected chi connectivity index (χ0v) is 16.8. The minimum Gasteiger partial charge on any atom is -0.350 e. The van der Waals surface area contributed by atoms with Crippen molar-refractivity contribution in [3.05, 3.63) is 24.2 Å². The van der Waals surface area contributed by atoms with E-state index in [4.69, 9.17) is 0 Å². The average molecular weight is 433 g/mol. The molecule has 5 unspecified atom stereocenters. The summed E-state index contributed by atoms with van der Waals surface area (Å²) < 4.78 is 42.3. The van der Waals surface area contributed by atoms with Crippen LogP contribution in [0.2, 0.25) is 0 Å². The summed E-state index contributed by atoms with van der Waals surface area (Å²) in [7, 11) is 0. The number of halogens is 3. The van der Waals surface area contributed by atoms with Gasteiger partial charge in [-0.05, 0) is 49.7 Å². The summed E-state index contributed by atoms with van der Waals surface area (Å²) in [6.45, 7) is 1.46. The molecule has 2 saturated heterocycles. The van der Waals surface area contributed by atoms with Gasteiger partial charge in [-0.25, -0.2) is 4.98 Å². The maximum absolute atomic E-state index is 13.1. The zero-order chi connectivity index (χ0) is 21.3. The summed E-state index contributed by atoms with van der Waals surface area (Å²) in [5, 5.41) is 3.40. The second kappa shape index (κ2) is 6.67. The van der Waals surface area contributed by atoms with Gasteiger partial charge < -0.3 is 14.3 Å². The standard InChI is InChI=1S/C21H22F3N5O2/c22-21(23,24)20-26-18(27-31-20)13-3-4-17(25-8-13)28-9-15-7-14(28)10-29(15)19(30)16-6-11-1-2-12(16)5-11/h3-4,8,11-12,14-16H,1-2,5-7,9-10H2. The van der Waals surface area contributed by atoms with Crippen LogP contribution in [-0.4, -0.2) is 51.1 Å². The third-order valence-electron chi connectivity index (χ3n) is 7.55. The molecule has 2 aliphatic heterocycles. The molecule has 2 saturated carbocycles. The maximum Gasteiger partial charge on any atom is 0.471 e. The molecule has 6 rings (SSSR count). The Hall–Kier alpha value is -2.65. The first kappa shape index (κ1) is 19.1. The fraction of sp³-hybridized carbons (Fsp3) is 0.619. The molecule has 2 aliphatic carbocycles. The lowest BCUT2D eigenvalue weighted by Gasteiger charge is -2.37. The smallest absolute Gasteiger partial charge is 0.350 e. The van der Waals surface area contributed by atoms with Crippen molar-refractivity contribution in [2.45, 2.75) is 50.4 Å². The summed E-state index contributed by atoms with van der Waals surface area (Å²) in [5.74, 6) is 1.15. The molecule has 4 heterocycles. The van der Waals surface area contributed by atoms with E-state index in [-0.39, 0.29) is 23.8 Å². The number of carbonyl (C=O) groups is 1. The fourth-order valence-electron chi connectivity index (χ4n) is 6.12. The largest absolute Gasteiger partial charge is 0.471 e. The lowest BCUT2D eigenvalue weighted by atomic mass is 9.87. The topological polar surface area (TPSA) is 75.4 Å². The second-order valence-corrected chi connectivity index (χ2v) is 9.29. The van der Waals surface area contributed by atoms with Crippen molar-refractivity contribution in [1.82, 2.24) is 20.0 Å². The molecule has 0 aromatic carbocycles. The van der Waals surface area contributed by atoms with Gasteiger partial charge in [-0.3, -0.25) is 4.79 Å². The molecule has 164 valence electrons. The van der Waals surface area contributed by atoms with E-state index in [2.05, 4.69) is 29.4 Å². The molecule has 4 aliphatic rings. The van der Waals surface area contributed by atoms with Crippen LogP contribution in [0.15, 0.2) is 22.9 Å². The maximum atomic E-state index is 13.1. The first-order valence-corrected chi connectivity index (χ1v) is 10.8. The van der Waals surface area contributed by atoms with Gasteiger partial charge in [0.1, 0.15) is 5.82 Å². The number of alkyl halides is 3. The van der Waals surface area contributed by atoms with Crippen LogP contribution in [0.3, 0.4) is 0 Å². The molecule has 0 radical (unpaired) electrons. The second-order valence-electron chi connectivity index (χ2n) is 9.29. The van der Waals surface area contributed by atoms with Crippen molar-refractivity contribution < 1.29 is 22.5 Å². The first-order chi connectivity index (χ1) is 14.9. The number of rotatable bonds is 3. The summed E-state index contributed by atoms with van der Waals surface area (Å²) in [4.78, 5) is 25.2. The van der Waals surface area contributed by atoms with E-state index in [1.54, 1.807) is 12.1 Å². The first-order valence-electron chi connectivity index (χ1n) is 10.8. The van der Waals surface area contributed by atoms with Crippen LogP contribution in [-0.2, 0) is 11.0 Å². The number of aromatic nitrogens is 3. The minimum atomic E-state index is -4.67. The predicted molar refractivity (Wildman–Crippen MR) is 103 cm³/mol. The van der Waals surface area contributed by atoms with Crippen molar-refractivity contribution >= 4 is 11.7 Å². The third-order valence-corrected chi connectivity index (χ3v) is 7.55. The van der Waals surface area contributed by atoms with Crippen LogP contribution in [0.4, 0.5) is 19.0 Å². The lowest BCUT2D eigenvalue weighted by molar-refractivity contribution is -0.159. The van der Waals surface area contributed by atoms with Gasteiger partial charge in [0.05, 0.1) is 12.1 Å². The summed E-state index contributed by atoms with van der Waals surface area (Å²) in [6, 6.07) is 3.86. The molecule has 0 N–H and O–H groups in total. The minimum absolute atomic E-state index is 0.142. The normalized spacial score (nSPS) is 31.8. The highest BCUT2D eigenvalue weighted by atomic mass is 19.4. The predicted octanol–water partition coefficient (Wildman–Crippen LogP) is 3.38. The fourth-order valence-corrected chi connectivity index (χ4v) is 6.12. The van der Waals surface area contributed by atoms with Gasteiger partial charge in [0, 0.05) is 30.8 Å². The molecule has 5 atom stereocenters. The number of carbonyl (C=O) groups excluding carboxylic acids is 1. The van der Waals surface area contributed by atoms with E-state index in [0.717, 1.165) is 37.7 Å². The molecule has 31 heavy (non-hydrogen) atoms. The van der Waals surface area contributed by atoms with Gasteiger partial charge in [-0.2, -0.15) is 18.2 Å². The number of fused-ring (bicyclic) bond motifs is 4. The van der Waals surface area contributed by atoms with Crippen molar-refractivity contribution in [2.75, 3.05) is 18.0 Å². The molecular formula is C21H22F3N5O2. The molecule has 0 spiro atoms. The Balaban J connectivity index is 1.13. The van der Waals surface area contributed by atoms with Crippen LogP contribution in [0.5, 0.6) is 0 Å². The Labute approximate surface area is 176 Å². The molecule has 1 amide bonds. The third kappa shape index (κ3) is 3.10. The van der Waals surface area contributed by atoms with Gasteiger partial charge in [0.2, 0.25) is 11.7 Å². The average Bonchev–Trinajstić information content (AvgIpc) is 3.57. The van der Waals surface area contributed by atoms with Crippen molar-refractivity contribution in [3.63, 3.8) is 0 Å². The van der Waals surface area contributed by atoms with Crippen LogP contribution < -0.4 is 4.90 Å². The highest BCUT2D eigenvalue weighted by Crippen LogP contribution is 2.49. The number of hydrogen-bond acceptors (Lipinski definition) is 6. The van der Waals surface area contributed by atoms with E-state index in [9.17, 15) is 18.0 Å². The Morgan fingerprint density at radius 1 is 1.10 bits per heavy atom. The van der Waals surface area contributed by atoms with Gasteiger partial charge in [-0.1, -0.05) is 11.6 Å². The van der Waals surface area contributed by atoms with Crippen LogP contribution >= 0.6 is 0 Å². The quantitative estimate of drug-likeness (QED) is 0.739. The van der Waals surface area contributed by atoms with E-state index >= 15 is 0 Å². The van der Waals surface area contributed by atoms with Crippen LogP contribution in [0.25, 0.3) is 11.4 Å². The lowest BCUT2D eigenvalue weighted by Crippen LogP contribution is -2.51. The van der Waals surface area contributed by atoms with Gasteiger partial charge in [-0.15, -0.1) is 0 Å². The van der Waals surface area contributed by atoms with Crippen molar-refractivity contribution in [2.24, 2.45) is 17.8 Å². The van der Waals surface area contributed by atoms with Gasteiger partial charge >= 0.3 is 12.1 Å². The SMILES string of the molecule is O=C(C1CC2CCC1C2)N1CC2CC1CN2c1ccc(-c2noc(C(F)(F)F)n2)cn1. The van der Waals surface area contributed by atoms with Gasteiger partial charge in [0.25, 0.3) is 0 Å². The van der Waals surface area contributed by atoms with Crippen molar-refractivity contribution in [1.29, 1.82) is 0 Å². The summed E-state index contributed by atoms with van der Waals surface area (Å²) >= 11 is 0. The number of piperazine rings is 1. The highest BCUT2D eigenvalue weighted by molar-refractivity contribution is 5.81. The zero-order valence-electron chi connectivity index (χ0n) is 16.8. The Morgan fingerprint density at radius 3 is 2.55 bits per heavy atom. The highest BCUT2D eigenvalue weighted by Gasteiger charge is 2.50.